The van der Waals surface area contributed by atoms with Crippen LogP contribution in [0.4, 0.5) is 8.78 Å². The summed E-state index contributed by atoms with van der Waals surface area (Å²) in [4.78, 5) is 12.7. The third-order valence-corrected chi connectivity index (χ3v) is 4.19. The molecule has 0 aromatic heterocycles. The van der Waals surface area contributed by atoms with E-state index >= 15 is 0 Å². The minimum atomic E-state index is -0.765. The highest BCUT2D eigenvalue weighted by atomic mass is 19.1. The van der Waals surface area contributed by atoms with Crippen LogP contribution in [0.2, 0.25) is 0 Å². The molecule has 0 radical (unpaired) electrons. The van der Waals surface area contributed by atoms with E-state index < -0.39 is 16.6 Å². The van der Waals surface area contributed by atoms with Gasteiger partial charge < -0.3 is 4.74 Å². The van der Waals surface area contributed by atoms with Crippen molar-refractivity contribution in [3.8, 4) is 0 Å². The Morgan fingerprint density at radius 1 is 1.26 bits per heavy atom. The molecule has 1 aliphatic rings. The summed E-state index contributed by atoms with van der Waals surface area (Å²) in [6.07, 6.45) is -0.0156. The van der Waals surface area contributed by atoms with Gasteiger partial charge in [0.15, 0.2) is 0 Å². The van der Waals surface area contributed by atoms with Crippen LogP contribution in [0.25, 0.3) is 5.76 Å². The zero-order valence-corrected chi connectivity index (χ0v) is 16.6. The molecule has 2 rings (SSSR count). The predicted molar refractivity (Wildman–Crippen MR) is 103 cm³/mol. The zero-order valence-electron chi connectivity index (χ0n) is 16.6. The van der Waals surface area contributed by atoms with E-state index in [0.717, 1.165) is 24.7 Å². The Balaban J connectivity index is 0.000000345. The SMILES string of the molecule is C=C1COC(c2cc(F)ccc2F)=C([N+](=O)[O-])C1.CCN(C(C)C)C(C)C. The van der Waals surface area contributed by atoms with Crippen LogP contribution >= 0.6 is 0 Å². The highest BCUT2D eigenvalue weighted by Gasteiger charge is 2.29. The number of hydrogen-bond acceptors (Lipinski definition) is 4. The van der Waals surface area contributed by atoms with Gasteiger partial charge in [-0.2, -0.15) is 0 Å². The van der Waals surface area contributed by atoms with Gasteiger partial charge in [-0.15, -0.1) is 0 Å². The fourth-order valence-corrected chi connectivity index (χ4v) is 3.00. The Labute approximate surface area is 159 Å². The lowest BCUT2D eigenvalue weighted by molar-refractivity contribution is -0.428. The molecule has 1 heterocycles. The first-order valence-electron chi connectivity index (χ1n) is 8.96. The van der Waals surface area contributed by atoms with Crippen LogP contribution < -0.4 is 0 Å². The quantitative estimate of drug-likeness (QED) is 0.408. The average Bonchev–Trinajstić information content (AvgIpc) is 2.57. The number of ether oxygens (including phenoxy) is 1. The molecule has 0 amide bonds. The second-order valence-corrected chi connectivity index (χ2v) is 6.89. The first-order valence-corrected chi connectivity index (χ1v) is 8.96. The lowest BCUT2D eigenvalue weighted by atomic mass is 10.0. The van der Waals surface area contributed by atoms with E-state index in [1.165, 1.54) is 0 Å². The van der Waals surface area contributed by atoms with Crippen LogP contribution in [0.1, 0.15) is 46.6 Å². The number of nitrogens with zero attached hydrogens (tertiary/aromatic N) is 2. The molecular weight excluding hydrogens is 354 g/mol. The van der Waals surface area contributed by atoms with Crippen LogP contribution in [0.15, 0.2) is 36.0 Å². The number of hydrogen-bond donors (Lipinski definition) is 0. The molecule has 0 bridgehead atoms. The van der Waals surface area contributed by atoms with E-state index in [4.69, 9.17) is 4.74 Å². The van der Waals surface area contributed by atoms with Gasteiger partial charge >= 0.3 is 0 Å². The summed E-state index contributed by atoms with van der Waals surface area (Å²) in [7, 11) is 0. The standard InChI is InChI=1S/C12H9F2NO3.C8H19N/c1-7-4-11(15(16)17)12(18-6-7)9-5-8(13)2-3-10(9)14;1-6-9(7(2)3)8(4)5/h2-3,5H,1,4,6H2;7-8H,6H2,1-5H3. The molecule has 5 nitrogen and oxygen atoms in total. The number of rotatable bonds is 5. The van der Waals surface area contributed by atoms with Gasteiger partial charge in [0.1, 0.15) is 18.2 Å². The predicted octanol–water partition coefficient (Wildman–Crippen LogP) is 5.01. The summed E-state index contributed by atoms with van der Waals surface area (Å²) in [6.45, 7) is 16.0. The van der Waals surface area contributed by atoms with Gasteiger partial charge in [0, 0.05) is 12.1 Å². The smallest absolute Gasteiger partial charge is 0.292 e. The normalized spacial score (nSPS) is 14.4. The molecule has 0 N–H and O–H groups in total. The van der Waals surface area contributed by atoms with Crippen molar-refractivity contribution in [2.45, 2.75) is 53.1 Å². The highest BCUT2D eigenvalue weighted by Crippen LogP contribution is 2.31. The number of allylic oxidation sites excluding steroid dienone is 1. The maximum absolute atomic E-state index is 13.6. The van der Waals surface area contributed by atoms with Crippen molar-refractivity contribution in [2.24, 2.45) is 0 Å². The van der Waals surface area contributed by atoms with Crippen LogP contribution in [0.5, 0.6) is 0 Å². The third kappa shape index (κ3) is 6.43. The molecule has 150 valence electrons. The molecule has 1 aliphatic heterocycles. The maximum Gasteiger partial charge on any atom is 0.292 e. The van der Waals surface area contributed by atoms with Crippen LogP contribution in [0, 0.1) is 21.7 Å². The molecule has 1 aromatic rings. The topological polar surface area (TPSA) is 55.6 Å². The molecule has 0 fully saturated rings. The fraction of sp³-hybridized carbons (Fsp3) is 0.500. The van der Waals surface area contributed by atoms with Crippen molar-refractivity contribution in [3.05, 3.63) is 63.4 Å². The minimum Gasteiger partial charge on any atom is -0.482 e. The van der Waals surface area contributed by atoms with Gasteiger partial charge in [0.05, 0.1) is 16.9 Å². The highest BCUT2D eigenvalue weighted by molar-refractivity contribution is 5.63. The van der Waals surface area contributed by atoms with Crippen LogP contribution in [0.3, 0.4) is 0 Å². The molecule has 0 atom stereocenters. The van der Waals surface area contributed by atoms with Crippen molar-refractivity contribution in [1.82, 2.24) is 4.90 Å². The van der Waals surface area contributed by atoms with Gasteiger partial charge in [-0.3, -0.25) is 15.0 Å². The molecule has 0 aliphatic carbocycles. The average molecular weight is 382 g/mol. The van der Waals surface area contributed by atoms with E-state index in [2.05, 4.69) is 46.1 Å². The van der Waals surface area contributed by atoms with E-state index in [0.29, 0.717) is 17.7 Å². The third-order valence-electron chi connectivity index (χ3n) is 4.19. The van der Waals surface area contributed by atoms with Crippen LogP contribution in [-0.4, -0.2) is 35.1 Å². The van der Waals surface area contributed by atoms with E-state index in [9.17, 15) is 18.9 Å². The summed E-state index contributed by atoms with van der Waals surface area (Å²) < 4.78 is 31.8. The summed E-state index contributed by atoms with van der Waals surface area (Å²) in [5.41, 5.74) is -0.0350. The van der Waals surface area contributed by atoms with Gasteiger partial charge in [-0.25, -0.2) is 8.78 Å². The minimum absolute atomic E-state index is 0.0156. The van der Waals surface area contributed by atoms with E-state index in [1.807, 2.05) is 0 Å². The Morgan fingerprint density at radius 3 is 2.30 bits per heavy atom. The molecule has 0 spiro atoms. The van der Waals surface area contributed by atoms with Gasteiger partial charge in [-0.05, 0) is 58.0 Å². The monoisotopic (exact) mass is 382 g/mol. The Morgan fingerprint density at radius 2 is 1.85 bits per heavy atom. The lowest BCUT2D eigenvalue weighted by Gasteiger charge is -2.28. The van der Waals surface area contributed by atoms with Gasteiger partial charge in [-0.1, -0.05) is 13.5 Å². The lowest BCUT2D eigenvalue weighted by Crippen LogP contribution is -2.36. The Bertz CT molecular complexity index is 707. The van der Waals surface area contributed by atoms with E-state index in [1.54, 1.807) is 0 Å². The van der Waals surface area contributed by atoms with Crippen molar-refractivity contribution in [1.29, 1.82) is 0 Å². The van der Waals surface area contributed by atoms with E-state index in [-0.39, 0.29) is 30.0 Å². The largest absolute Gasteiger partial charge is 0.482 e. The summed E-state index contributed by atoms with van der Waals surface area (Å²) >= 11 is 0. The summed E-state index contributed by atoms with van der Waals surface area (Å²) in [5, 5.41) is 10.9. The molecule has 27 heavy (non-hydrogen) atoms. The molecule has 1 aromatic carbocycles. The number of nitro groups is 1. The van der Waals surface area contributed by atoms with Crippen molar-refractivity contribution in [3.63, 3.8) is 0 Å². The zero-order chi connectivity index (χ0) is 20.7. The molecule has 0 saturated heterocycles. The fourth-order valence-electron chi connectivity index (χ4n) is 3.00. The van der Waals surface area contributed by atoms with Crippen LogP contribution in [-0.2, 0) is 4.74 Å². The second-order valence-electron chi connectivity index (χ2n) is 6.89. The second kappa shape index (κ2) is 10.2. The van der Waals surface area contributed by atoms with Gasteiger partial charge in [0.25, 0.3) is 5.70 Å². The number of halogens is 2. The van der Waals surface area contributed by atoms with Gasteiger partial charge in [0.2, 0.25) is 5.76 Å². The molecule has 0 saturated carbocycles. The molecule has 7 heteroatoms. The van der Waals surface area contributed by atoms with Crippen molar-refractivity contribution < 1.29 is 18.4 Å². The Hall–Kier alpha value is -2.28. The number of benzene rings is 1. The van der Waals surface area contributed by atoms with Crippen molar-refractivity contribution >= 4 is 5.76 Å². The van der Waals surface area contributed by atoms with Crippen molar-refractivity contribution in [2.75, 3.05) is 13.2 Å². The Kier molecular flexibility index (Phi) is 8.56. The maximum atomic E-state index is 13.6. The molecule has 0 unspecified atom stereocenters. The first kappa shape index (κ1) is 22.8. The molecular formula is C20H28F2N2O3. The summed E-state index contributed by atoms with van der Waals surface area (Å²) in [6, 6.07) is 4.10. The first-order chi connectivity index (χ1) is 12.6. The summed E-state index contributed by atoms with van der Waals surface area (Å²) in [5.74, 6) is -1.68.